The Morgan fingerprint density at radius 2 is 0.720 bits per heavy atom. The molecule has 0 amide bonds. The molecule has 2 heterocycles. The van der Waals surface area contributed by atoms with E-state index in [0.29, 0.717) is 23.7 Å². The van der Waals surface area contributed by atoms with Crippen molar-refractivity contribution in [1.29, 1.82) is 0 Å². The third kappa shape index (κ3) is 3.53. The highest BCUT2D eigenvalue weighted by molar-refractivity contribution is 5.95. The van der Waals surface area contributed by atoms with Gasteiger partial charge in [-0.15, -0.1) is 0 Å². The molecule has 50 heavy (non-hydrogen) atoms. The van der Waals surface area contributed by atoms with Gasteiger partial charge in [0.25, 0.3) is 0 Å². The lowest BCUT2D eigenvalue weighted by molar-refractivity contribution is 0.797. The molecule has 0 saturated heterocycles. The summed E-state index contributed by atoms with van der Waals surface area (Å²) < 4.78 is 0. The molecule has 4 atom stereocenters. The maximum atomic E-state index is 5.55. The second kappa shape index (κ2) is 9.86. The average molecular weight is 637 g/mol. The van der Waals surface area contributed by atoms with Crippen LogP contribution in [0.25, 0.3) is 55.4 Å². The number of hydrogen-bond acceptors (Lipinski definition) is 2. The Hall–Kier alpha value is -5.86. The zero-order valence-electron chi connectivity index (χ0n) is 27.5. The maximum Gasteiger partial charge on any atom is 0.0751 e. The van der Waals surface area contributed by atoms with Gasteiger partial charge in [-0.25, -0.2) is 9.97 Å². The molecule has 0 radical (unpaired) electrons. The summed E-state index contributed by atoms with van der Waals surface area (Å²) in [7, 11) is 0. The van der Waals surface area contributed by atoms with Crippen molar-refractivity contribution >= 4 is 21.8 Å². The fourth-order valence-corrected chi connectivity index (χ4v) is 10.5. The molecule has 2 aromatic heterocycles. The minimum atomic E-state index is 0.359. The minimum absolute atomic E-state index is 0.359. The summed E-state index contributed by atoms with van der Waals surface area (Å²) in [6.07, 6.45) is 2.26. The molecule has 12 rings (SSSR count). The molecule has 4 bridgehead atoms. The second-order valence-electron chi connectivity index (χ2n) is 14.7. The van der Waals surface area contributed by atoms with Crippen LogP contribution in [0.15, 0.2) is 146 Å². The highest BCUT2D eigenvalue weighted by Gasteiger charge is 2.46. The number of rotatable bonds is 3. The van der Waals surface area contributed by atoms with Gasteiger partial charge >= 0.3 is 0 Å². The van der Waals surface area contributed by atoms with Gasteiger partial charge in [0.2, 0.25) is 0 Å². The Kier molecular flexibility index (Phi) is 5.33. The fraction of sp³-hybridized carbons (Fsp3) is 0.125. The lowest BCUT2D eigenvalue weighted by Crippen LogP contribution is -2.08. The van der Waals surface area contributed by atoms with Crippen LogP contribution in [0.1, 0.15) is 81.0 Å². The summed E-state index contributed by atoms with van der Waals surface area (Å²) in [5, 5.41) is 2.60. The molecule has 4 aliphatic carbocycles. The van der Waals surface area contributed by atoms with Crippen molar-refractivity contribution in [3.05, 3.63) is 190 Å². The molecular formula is C48H32N2. The molecule has 0 fully saturated rings. The first kappa shape index (κ1) is 27.0. The van der Waals surface area contributed by atoms with Gasteiger partial charge in [0.1, 0.15) is 0 Å². The van der Waals surface area contributed by atoms with Crippen molar-refractivity contribution in [2.75, 3.05) is 0 Å². The number of nitrogens with zero attached hydrogens (tertiary/aromatic N) is 2. The number of fused-ring (bicyclic) bond motifs is 20. The molecule has 0 saturated carbocycles. The van der Waals surface area contributed by atoms with Gasteiger partial charge in [-0.2, -0.15) is 0 Å². The van der Waals surface area contributed by atoms with Gasteiger partial charge in [0, 0.05) is 45.6 Å². The number of benzene rings is 6. The summed E-state index contributed by atoms with van der Waals surface area (Å²) in [4.78, 5) is 11.1. The van der Waals surface area contributed by atoms with E-state index in [1.165, 1.54) is 77.5 Å². The molecule has 0 spiro atoms. The first-order chi connectivity index (χ1) is 24.8. The highest BCUT2D eigenvalue weighted by atomic mass is 14.7. The second-order valence-corrected chi connectivity index (χ2v) is 14.7. The zero-order chi connectivity index (χ0) is 32.5. The molecule has 4 aliphatic rings. The summed E-state index contributed by atoms with van der Waals surface area (Å²) in [5.41, 5.74) is 21.0. The normalized spacial score (nSPS) is 20.2. The predicted molar refractivity (Wildman–Crippen MR) is 203 cm³/mol. The van der Waals surface area contributed by atoms with Crippen molar-refractivity contribution in [2.24, 2.45) is 0 Å². The van der Waals surface area contributed by atoms with Crippen molar-refractivity contribution in [1.82, 2.24) is 9.97 Å². The molecule has 6 aromatic carbocycles. The van der Waals surface area contributed by atoms with E-state index in [-0.39, 0.29) is 0 Å². The standard InChI is InChI=1S/C48H32N2/c1-2-12-27(13-3-1)28-22-29(47-45-39-25-37(31-14-4-6-16-33(31)39)43(45)35-18-8-10-20-41(35)49-47)24-30(23-28)48-46-40-26-38(32-15-5-7-17-34(32)40)44(46)36-19-9-11-21-42(36)50-48/h1-24,37-40H,25-26H2. The molecular weight excluding hydrogens is 605 g/mol. The number of para-hydroxylation sites is 2. The summed E-state index contributed by atoms with van der Waals surface area (Å²) in [5.74, 6) is 1.54. The van der Waals surface area contributed by atoms with E-state index < -0.39 is 0 Å². The Labute approximate surface area is 291 Å². The highest BCUT2D eigenvalue weighted by Crippen LogP contribution is 2.62. The SMILES string of the molecule is c1ccc(-c2cc(-c3nc4ccccc4c4c3C3CC4c4ccccc43)cc(-c3nc4ccccc4c4c3C3CC4c4ccccc43)c2)cc1. The average Bonchev–Trinajstić information content (AvgIpc) is 3.97. The van der Waals surface area contributed by atoms with E-state index in [0.717, 1.165) is 35.3 Å². The number of hydrogen-bond donors (Lipinski definition) is 0. The van der Waals surface area contributed by atoms with Crippen LogP contribution in [-0.2, 0) is 0 Å². The summed E-state index contributed by atoms with van der Waals surface area (Å²) in [6, 6.07) is 53.9. The van der Waals surface area contributed by atoms with Gasteiger partial charge in [-0.05, 0) is 98.8 Å². The van der Waals surface area contributed by atoms with Crippen LogP contribution in [0.2, 0.25) is 0 Å². The van der Waals surface area contributed by atoms with Crippen molar-refractivity contribution in [3.63, 3.8) is 0 Å². The van der Waals surface area contributed by atoms with Crippen LogP contribution < -0.4 is 0 Å². The Morgan fingerprint density at radius 1 is 0.340 bits per heavy atom. The van der Waals surface area contributed by atoms with Crippen molar-refractivity contribution in [2.45, 2.75) is 36.5 Å². The van der Waals surface area contributed by atoms with Gasteiger partial charge in [0.15, 0.2) is 0 Å². The largest absolute Gasteiger partial charge is 0.247 e. The van der Waals surface area contributed by atoms with E-state index in [2.05, 4.69) is 146 Å². The van der Waals surface area contributed by atoms with E-state index in [4.69, 9.17) is 9.97 Å². The first-order valence-electron chi connectivity index (χ1n) is 18.0. The lowest BCUT2D eigenvalue weighted by Gasteiger charge is -2.25. The topological polar surface area (TPSA) is 25.8 Å². The Bertz CT molecular complexity index is 2570. The van der Waals surface area contributed by atoms with E-state index in [1.54, 1.807) is 0 Å². The van der Waals surface area contributed by atoms with E-state index in [1.807, 2.05) is 0 Å². The van der Waals surface area contributed by atoms with Gasteiger partial charge in [-0.1, -0.05) is 115 Å². The third-order valence-corrected chi connectivity index (χ3v) is 12.4. The van der Waals surface area contributed by atoms with Gasteiger partial charge < -0.3 is 0 Å². The zero-order valence-corrected chi connectivity index (χ0v) is 27.5. The quantitative estimate of drug-likeness (QED) is 0.193. The van der Waals surface area contributed by atoms with Crippen LogP contribution in [0.4, 0.5) is 0 Å². The molecule has 0 aliphatic heterocycles. The lowest BCUT2D eigenvalue weighted by atomic mass is 9.80. The Morgan fingerprint density at radius 3 is 1.20 bits per heavy atom. The van der Waals surface area contributed by atoms with Crippen LogP contribution in [-0.4, -0.2) is 9.97 Å². The molecule has 2 nitrogen and oxygen atoms in total. The fourth-order valence-electron chi connectivity index (χ4n) is 10.5. The molecule has 2 heteroatoms. The van der Waals surface area contributed by atoms with Crippen LogP contribution in [0.5, 0.6) is 0 Å². The summed E-state index contributed by atoms with van der Waals surface area (Å²) in [6.45, 7) is 0. The molecule has 234 valence electrons. The maximum absolute atomic E-state index is 5.55. The third-order valence-electron chi connectivity index (χ3n) is 12.4. The molecule has 0 N–H and O–H groups in total. The molecule has 4 unspecified atom stereocenters. The van der Waals surface area contributed by atoms with Crippen LogP contribution in [0.3, 0.4) is 0 Å². The first-order valence-corrected chi connectivity index (χ1v) is 18.0. The predicted octanol–water partition coefficient (Wildman–Crippen LogP) is 11.7. The van der Waals surface area contributed by atoms with E-state index in [9.17, 15) is 0 Å². The number of aromatic nitrogens is 2. The minimum Gasteiger partial charge on any atom is -0.247 e. The Balaban J connectivity index is 1.15. The van der Waals surface area contributed by atoms with Gasteiger partial charge in [0.05, 0.1) is 22.4 Å². The summed E-state index contributed by atoms with van der Waals surface area (Å²) >= 11 is 0. The van der Waals surface area contributed by atoms with Gasteiger partial charge in [-0.3, -0.25) is 0 Å². The van der Waals surface area contributed by atoms with Crippen LogP contribution >= 0.6 is 0 Å². The van der Waals surface area contributed by atoms with Crippen molar-refractivity contribution < 1.29 is 0 Å². The van der Waals surface area contributed by atoms with E-state index >= 15 is 0 Å². The smallest absolute Gasteiger partial charge is 0.0751 e. The number of pyridine rings is 2. The van der Waals surface area contributed by atoms with Crippen LogP contribution in [0, 0.1) is 0 Å². The monoisotopic (exact) mass is 636 g/mol. The van der Waals surface area contributed by atoms with Crippen molar-refractivity contribution in [3.8, 4) is 33.6 Å². The molecule has 8 aromatic rings.